The van der Waals surface area contributed by atoms with Crippen LogP contribution >= 0.6 is 0 Å². The van der Waals surface area contributed by atoms with Crippen LogP contribution in [-0.2, 0) is 42.9 Å². The molecule has 4 heterocycles. The molecule has 2 N–H and O–H groups in total. The van der Waals surface area contributed by atoms with Crippen LogP contribution in [0.25, 0.3) is 22.5 Å². The fraction of sp³-hybridized carbons (Fsp3) is 0.367. The minimum absolute atomic E-state index is 0.168. The van der Waals surface area contributed by atoms with E-state index in [1.807, 2.05) is 138 Å². The van der Waals surface area contributed by atoms with Gasteiger partial charge in [-0.25, -0.2) is 0 Å². The highest BCUT2D eigenvalue weighted by Gasteiger charge is 2.42. The Labute approximate surface area is 465 Å². The molecule has 6 aromatic rings. The Hall–Kier alpha value is -8.80. The number of hydrogen-bond donors (Lipinski definition) is 2. The van der Waals surface area contributed by atoms with Gasteiger partial charge in [-0.2, -0.15) is 19.2 Å². The van der Waals surface area contributed by atoms with Gasteiger partial charge in [0.15, 0.2) is 12.9 Å². The van der Waals surface area contributed by atoms with Gasteiger partial charge in [0.25, 0.3) is 29.4 Å². The highest BCUT2D eigenvalue weighted by Crippen LogP contribution is 2.32. The van der Waals surface area contributed by atoms with E-state index >= 15 is 0 Å². The zero-order valence-electron chi connectivity index (χ0n) is 46.9. The molecule has 0 bridgehead atoms. The highest BCUT2D eigenvalue weighted by atomic mass is 16.7. The number of fused-ring (bicyclic) bond motifs is 2. The van der Waals surface area contributed by atoms with Crippen LogP contribution < -0.4 is 29.5 Å². The molecule has 0 unspecified atom stereocenters. The Morgan fingerprint density at radius 1 is 0.512 bits per heavy atom. The van der Waals surface area contributed by atoms with Crippen LogP contribution in [0.5, 0.6) is 11.5 Å². The third kappa shape index (κ3) is 16.6. The number of benzene rings is 4. The molecule has 0 radical (unpaired) electrons. The minimum Gasteiger partial charge on any atom is -0.491 e. The lowest BCUT2D eigenvalue weighted by Gasteiger charge is -2.32. The summed E-state index contributed by atoms with van der Waals surface area (Å²) >= 11 is 0. The average molecular weight is 1100 g/mol. The van der Waals surface area contributed by atoms with Crippen molar-refractivity contribution >= 4 is 47.6 Å². The van der Waals surface area contributed by atoms with Crippen LogP contribution in [-0.4, -0.2) is 94.8 Å². The molecule has 80 heavy (non-hydrogen) atoms. The molecule has 0 fully saturated rings. The zero-order valence-corrected chi connectivity index (χ0v) is 46.9. The third-order valence-corrected chi connectivity index (χ3v) is 12.7. The van der Waals surface area contributed by atoms with Crippen molar-refractivity contribution in [2.24, 2.45) is 24.9 Å². The second-order valence-corrected chi connectivity index (χ2v) is 20.7. The molecule has 0 saturated carbocycles. The van der Waals surface area contributed by atoms with Crippen molar-refractivity contribution in [1.29, 1.82) is 0 Å². The highest BCUT2D eigenvalue weighted by molar-refractivity contribution is 6.21. The quantitative estimate of drug-likeness (QED) is 0.0414. The molecule has 2 aliphatic heterocycles. The summed E-state index contributed by atoms with van der Waals surface area (Å²) in [4.78, 5) is 95.4. The maximum atomic E-state index is 12.8. The first-order chi connectivity index (χ1) is 38.2. The second-order valence-electron chi connectivity index (χ2n) is 20.7. The molecule has 4 amide bonds. The number of amides is 4. The Kier molecular flexibility index (Phi) is 22.7. The minimum atomic E-state index is -0.539. The van der Waals surface area contributed by atoms with Crippen molar-refractivity contribution in [2.75, 3.05) is 36.9 Å². The van der Waals surface area contributed by atoms with E-state index in [0.29, 0.717) is 33.8 Å². The van der Waals surface area contributed by atoms with Gasteiger partial charge in [0.1, 0.15) is 49.7 Å². The van der Waals surface area contributed by atoms with Gasteiger partial charge in [-0.1, -0.05) is 102 Å². The molecule has 2 atom stereocenters. The Bertz CT molecular complexity index is 3060. The predicted molar refractivity (Wildman–Crippen MR) is 292 cm³/mol. The molecule has 2 aromatic heterocycles. The van der Waals surface area contributed by atoms with E-state index in [1.165, 1.54) is 0 Å². The molecule has 2 aliphatic rings. The fourth-order valence-corrected chi connectivity index (χ4v) is 7.97. The topological polar surface area (TPSA) is 238 Å². The van der Waals surface area contributed by atoms with Gasteiger partial charge in [0.2, 0.25) is 5.69 Å². The van der Waals surface area contributed by atoms with Crippen LogP contribution in [0.15, 0.2) is 121 Å². The number of hydrogen-bond acceptors (Lipinski definition) is 16. The molecule has 20 heteroatoms. The predicted octanol–water partition coefficient (Wildman–Crippen LogP) is 8.45. The average Bonchev–Trinajstić information content (AvgIpc) is 3.82. The van der Waals surface area contributed by atoms with Gasteiger partial charge in [-0.15, -0.1) is 14.8 Å². The third-order valence-electron chi connectivity index (χ3n) is 12.7. The molecule has 0 spiro atoms. The summed E-state index contributed by atoms with van der Waals surface area (Å²) in [6.07, 6.45) is 3.92. The molecule has 420 valence electrons. The first-order valence-electron chi connectivity index (χ1n) is 26.2. The monoisotopic (exact) mass is 1090 g/mol. The molecule has 8 rings (SSSR count). The number of carbonyl (C=O) groups is 4. The number of nitrogens with one attached hydrogen (secondary N) is 2. The van der Waals surface area contributed by atoms with Crippen molar-refractivity contribution in [2.45, 2.75) is 93.3 Å². The lowest BCUT2D eigenvalue weighted by Crippen LogP contribution is -2.43. The van der Waals surface area contributed by atoms with Gasteiger partial charge in [0.05, 0.1) is 28.8 Å². The van der Waals surface area contributed by atoms with Gasteiger partial charge in [0, 0.05) is 34.9 Å². The van der Waals surface area contributed by atoms with E-state index in [1.54, 1.807) is 48.5 Å². The number of hydroxylamine groups is 4. The van der Waals surface area contributed by atoms with Crippen LogP contribution in [0.1, 0.15) is 123 Å². The summed E-state index contributed by atoms with van der Waals surface area (Å²) in [7, 11) is 3.85. The molecule has 20 nitrogen and oxygen atoms in total. The van der Waals surface area contributed by atoms with E-state index in [4.69, 9.17) is 38.3 Å². The van der Waals surface area contributed by atoms with Crippen LogP contribution in [0, 0.1) is 10.8 Å². The molecule has 0 saturated heterocycles. The van der Waals surface area contributed by atoms with E-state index < -0.39 is 35.8 Å². The normalized spacial score (nSPS) is 13.2. The van der Waals surface area contributed by atoms with Crippen LogP contribution in [0.4, 0.5) is 11.6 Å². The lowest BCUT2D eigenvalue weighted by molar-refractivity contribution is -0.719. The van der Waals surface area contributed by atoms with E-state index in [9.17, 15) is 19.2 Å². The van der Waals surface area contributed by atoms with Gasteiger partial charge < -0.3 is 14.8 Å². The fourth-order valence-electron chi connectivity index (χ4n) is 7.97. The maximum absolute atomic E-state index is 12.8. The first kappa shape index (κ1) is 62.0. The number of aryl methyl sites for hydroxylation is 2. The second kappa shape index (κ2) is 29.3. The largest absolute Gasteiger partial charge is 0.491 e. The Morgan fingerprint density at radius 3 is 1.29 bits per heavy atom. The van der Waals surface area contributed by atoms with Crippen molar-refractivity contribution in [3.63, 3.8) is 0 Å². The Balaban J connectivity index is 0.000000268. The summed E-state index contributed by atoms with van der Waals surface area (Å²) < 4.78 is 15.8. The number of carbonyl (C=O) groups excluding carboxylic acids is 8. The SMILES string of the molecule is CCCCNc1ccc(-c2ccc(OC[C@@H](ON3C(=O)c4ccccc4C3=O)C(C)(C)C)cc2)[n+](C)n1.CCCCNc1ccc(-c2ccc(OC[C@@H](ON3C(=O)c4ccccc4C3=O)C(C)(C)C)cc2)n[n+]1C.O=C=O.O=C=O. The van der Waals surface area contributed by atoms with Crippen LogP contribution in [0.2, 0.25) is 0 Å². The molecule has 4 aromatic carbocycles. The van der Waals surface area contributed by atoms with Gasteiger partial charge >= 0.3 is 12.3 Å². The molecular weight excluding hydrogens is 1020 g/mol. The van der Waals surface area contributed by atoms with Crippen LogP contribution in [0.3, 0.4) is 0 Å². The Morgan fingerprint density at radius 2 is 0.912 bits per heavy atom. The number of rotatable bonds is 20. The summed E-state index contributed by atoms with van der Waals surface area (Å²) in [6, 6.07) is 36.9. The smallest absolute Gasteiger partial charge is 0.373 e. The van der Waals surface area contributed by atoms with Crippen molar-refractivity contribution < 1.29 is 66.9 Å². The summed E-state index contributed by atoms with van der Waals surface area (Å²) in [6.45, 7) is 18.4. The summed E-state index contributed by atoms with van der Waals surface area (Å²) in [5, 5.41) is 17.7. The lowest BCUT2D eigenvalue weighted by atomic mass is 9.89. The van der Waals surface area contributed by atoms with Crippen molar-refractivity contribution in [1.82, 2.24) is 20.3 Å². The zero-order chi connectivity index (χ0) is 58.6. The van der Waals surface area contributed by atoms with E-state index in [2.05, 4.69) is 34.7 Å². The van der Waals surface area contributed by atoms with E-state index in [0.717, 1.165) is 83.0 Å². The van der Waals surface area contributed by atoms with Gasteiger partial charge in [-0.3, -0.25) is 34.2 Å². The number of unbranched alkanes of at least 4 members (excludes halogenated alkanes) is 2. The number of aromatic nitrogens is 4. The standard InChI is InChI=1S/C29H35N4O4.C29H34N4O4.2CO2/c1-6-7-18-30-26-17-16-24(32(5)31-26)20-12-14-21(15-13-20)36-19-25(29(2,3)4)37-33-27(34)22-10-8-9-11-23(22)28(33)35;1-6-7-18-30-26-17-16-24(31-32(26)5)20-12-14-21(15-13-20)36-19-25(29(2,3)4)37-33-27(34)22-10-8-9-11-23(22)28(33)35;2*2-1-3/h8-17,25H,6-7,18-19H2,1-5H3,(H,30,31);8-17,25H,6-7,18-19H2,1-5H3;;/q+1;;;/p+1/t2*25-;;/m11../s1. The van der Waals surface area contributed by atoms with Crippen molar-refractivity contribution in [3.05, 3.63) is 144 Å². The number of ether oxygens (including phenoxy) is 2. The number of anilines is 2. The van der Waals surface area contributed by atoms with E-state index in [-0.39, 0.29) is 36.3 Å². The van der Waals surface area contributed by atoms with Crippen molar-refractivity contribution in [3.8, 4) is 34.0 Å². The number of imide groups is 2. The molecule has 0 aliphatic carbocycles. The molecular formula is C60H70N8O12+2. The summed E-state index contributed by atoms with van der Waals surface area (Å²) in [5.41, 5.74) is 4.45. The maximum Gasteiger partial charge on any atom is 0.373 e. The first-order valence-corrected chi connectivity index (χ1v) is 26.2. The summed E-state index contributed by atoms with van der Waals surface area (Å²) in [5.74, 6) is 1.34. The van der Waals surface area contributed by atoms with Gasteiger partial charge in [-0.05, 0) is 109 Å². The number of nitrogens with zero attached hydrogens (tertiary/aromatic N) is 6.